The minimum atomic E-state index is -0.341. The largest absolute Gasteiger partial charge is 0.504 e. The second-order valence-corrected chi connectivity index (χ2v) is 7.70. The van der Waals surface area contributed by atoms with Gasteiger partial charge in [0.2, 0.25) is 0 Å². The summed E-state index contributed by atoms with van der Waals surface area (Å²) in [6.07, 6.45) is 5.25. The summed E-state index contributed by atoms with van der Waals surface area (Å²) < 4.78 is 15.9. The van der Waals surface area contributed by atoms with Gasteiger partial charge in [0.1, 0.15) is 5.75 Å². The molecule has 0 bridgehead atoms. The van der Waals surface area contributed by atoms with Crippen molar-refractivity contribution < 1.29 is 19.0 Å². The van der Waals surface area contributed by atoms with Crippen LogP contribution in [0.5, 0.6) is 5.75 Å². The fraction of sp³-hybridized carbons (Fsp3) is 0.435. The molecule has 154 valence electrons. The highest BCUT2D eigenvalue weighted by atomic mass is 16.5. The number of carbonyl (C=O) groups is 1. The van der Waals surface area contributed by atoms with E-state index in [0.717, 1.165) is 37.2 Å². The number of hydrogen-bond donors (Lipinski definition) is 1. The number of ether oxygens (including phenoxy) is 3. The van der Waals surface area contributed by atoms with Gasteiger partial charge in [-0.3, -0.25) is 4.90 Å². The zero-order chi connectivity index (χ0) is 20.5. The van der Waals surface area contributed by atoms with E-state index in [9.17, 15) is 4.79 Å². The highest BCUT2D eigenvalue weighted by molar-refractivity contribution is 5.91. The fourth-order valence-electron chi connectivity index (χ4n) is 5.04. The van der Waals surface area contributed by atoms with Crippen LogP contribution in [0.15, 0.2) is 42.7 Å². The topological polar surface area (TPSA) is 63.8 Å². The Labute approximate surface area is 171 Å². The molecule has 29 heavy (non-hydrogen) atoms. The lowest BCUT2D eigenvalue weighted by atomic mass is 9.75. The first kappa shape index (κ1) is 19.6. The van der Waals surface area contributed by atoms with Crippen LogP contribution < -0.4 is 4.74 Å². The van der Waals surface area contributed by atoms with Gasteiger partial charge in [-0.15, -0.1) is 6.58 Å². The molecule has 3 heterocycles. The standard InChI is InChI=1S/C23H28N2O4/c1-5-14-12-25-10-9-15-21-18(7-6-8-20(21)28-3)24-22(15)19(25)11-16(14)17(13-27-2)23(26)29-4/h5-8,13-14,16,19,24H,1,9-12H2,2-4H3/b17-13+/t14-,16+,19+/m1/s1. The van der Waals surface area contributed by atoms with Crippen LogP contribution in [-0.2, 0) is 20.7 Å². The Balaban J connectivity index is 1.77. The van der Waals surface area contributed by atoms with Crippen LogP contribution >= 0.6 is 0 Å². The maximum atomic E-state index is 12.4. The van der Waals surface area contributed by atoms with Crippen molar-refractivity contribution in [1.29, 1.82) is 0 Å². The predicted molar refractivity (Wildman–Crippen MR) is 112 cm³/mol. The number of benzene rings is 1. The number of H-pyrrole nitrogens is 1. The monoisotopic (exact) mass is 396 g/mol. The minimum Gasteiger partial charge on any atom is -0.504 e. The maximum Gasteiger partial charge on any atom is 0.337 e. The first-order valence-electron chi connectivity index (χ1n) is 9.98. The highest BCUT2D eigenvalue weighted by Gasteiger charge is 2.42. The Morgan fingerprint density at radius 3 is 2.83 bits per heavy atom. The lowest BCUT2D eigenvalue weighted by Gasteiger charge is -2.45. The summed E-state index contributed by atoms with van der Waals surface area (Å²) in [6.45, 7) is 5.85. The quantitative estimate of drug-likeness (QED) is 0.362. The van der Waals surface area contributed by atoms with Gasteiger partial charge >= 0.3 is 5.97 Å². The van der Waals surface area contributed by atoms with Crippen LogP contribution in [-0.4, -0.2) is 50.3 Å². The number of hydrogen-bond acceptors (Lipinski definition) is 5. The number of aromatic nitrogens is 1. The molecule has 2 aliphatic rings. The first-order chi connectivity index (χ1) is 14.1. The van der Waals surface area contributed by atoms with E-state index in [1.165, 1.54) is 30.0 Å². The van der Waals surface area contributed by atoms with Crippen molar-refractivity contribution >= 4 is 16.9 Å². The normalized spacial score (nSPS) is 24.5. The summed E-state index contributed by atoms with van der Waals surface area (Å²) in [7, 11) is 4.68. The van der Waals surface area contributed by atoms with Gasteiger partial charge in [-0.25, -0.2) is 4.79 Å². The van der Waals surface area contributed by atoms with E-state index < -0.39 is 0 Å². The van der Waals surface area contributed by atoms with Gasteiger partial charge in [-0.1, -0.05) is 12.1 Å². The van der Waals surface area contributed by atoms with Gasteiger partial charge in [0.15, 0.2) is 0 Å². The summed E-state index contributed by atoms with van der Waals surface area (Å²) in [5.74, 6) is 0.707. The average molecular weight is 396 g/mol. The number of nitrogens with zero attached hydrogens (tertiary/aromatic N) is 1. The third kappa shape index (κ3) is 3.21. The number of esters is 1. The summed E-state index contributed by atoms with van der Waals surface area (Å²) in [6, 6.07) is 6.31. The Morgan fingerprint density at radius 1 is 1.31 bits per heavy atom. The van der Waals surface area contributed by atoms with Crippen LogP contribution in [0, 0.1) is 11.8 Å². The van der Waals surface area contributed by atoms with E-state index in [1.54, 1.807) is 14.2 Å². The second kappa shape index (κ2) is 7.95. The predicted octanol–water partition coefficient (Wildman–Crippen LogP) is 3.60. The van der Waals surface area contributed by atoms with Gasteiger partial charge in [-0.05, 0) is 36.5 Å². The lowest BCUT2D eigenvalue weighted by molar-refractivity contribution is -0.137. The summed E-state index contributed by atoms with van der Waals surface area (Å²) >= 11 is 0. The molecule has 0 amide bonds. The molecule has 0 spiro atoms. The smallest absolute Gasteiger partial charge is 0.337 e. The molecule has 3 atom stereocenters. The minimum absolute atomic E-state index is 0.0135. The Morgan fingerprint density at radius 2 is 2.14 bits per heavy atom. The molecule has 6 nitrogen and oxygen atoms in total. The number of fused-ring (bicyclic) bond motifs is 5. The molecule has 4 rings (SSSR count). The molecular weight excluding hydrogens is 368 g/mol. The van der Waals surface area contributed by atoms with Crippen LogP contribution in [0.25, 0.3) is 10.9 Å². The average Bonchev–Trinajstić information content (AvgIpc) is 3.15. The van der Waals surface area contributed by atoms with E-state index in [1.807, 2.05) is 18.2 Å². The Kier molecular flexibility index (Phi) is 5.37. The first-order valence-corrected chi connectivity index (χ1v) is 9.98. The summed E-state index contributed by atoms with van der Waals surface area (Å²) in [5, 5.41) is 1.17. The van der Waals surface area contributed by atoms with Crippen LogP contribution in [0.3, 0.4) is 0 Å². The van der Waals surface area contributed by atoms with E-state index in [2.05, 4.69) is 22.5 Å². The second-order valence-electron chi connectivity index (χ2n) is 7.70. The van der Waals surface area contributed by atoms with E-state index >= 15 is 0 Å². The van der Waals surface area contributed by atoms with Crippen molar-refractivity contribution in [2.24, 2.45) is 11.8 Å². The number of aromatic amines is 1. The SMILES string of the molecule is C=C[C@@H]1CN2CCc3c([nH]c4cccc(OC)c34)[C@@H]2C[C@@H]1/C(=C\OC)C(=O)OC. The maximum absolute atomic E-state index is 12.4. The zero-order valence-corrected chi connectivity index (χ0v) is 17.2. The lowest BCUT2D eigenvalue weighted by Crippen LogP contribution is -2.46. The van der Waals surface area contributed by atoms with Gasteiger partial charge in [0, 0.05) is 35.6 Å². The molecule has 6 heteroatoms. The number of carbonyl (C=O) groups excluding carboxylic acids is 1. The zero-order valence-electron chi connectivity index (χ0n) is 17.2. The van der Waals surface area contributed by atoms with E-state index in [0.29, 0.717) is 5.57 Å². The van der Waals surface area contributed by atoms with Crippen molar-refractivity contribution in [3.05, 3.63) is 53.9 Å². The van der Waals surface area contributed by atoms with Crippen molar-refractivity contribution in [1.82, 2.24) is 9.88 Å². The Bertz CT molecular complexity index is 961. The van der Waals surface area contributed by atoms with Gasteiger partial charge in [0.25, 0.3) is 0 Å². The third-order valence-corrected chi connectivity index (χ3v) is 6.37. The number of nitrogens with one attached hydrogen (secondary N) is 1. The van der Waals surface area contributed by atoms with Crippen LogP contribution in [0.4, 0.5) is 0 Å². The molecule has 1 aromatic carbocycles. The van der Waals surface area contributed by atoms with Gasteiger partial charge < -0.3 is 19.2 Å². The van der Waals surface area contributed by atoms with E-state index in [-0.39, 0.29) is 23.8 Å². The third-order valence-electron chi connectivity index (χ3n) is 6.37. The van der Waals surface area contributed by atoms with Crippen molar-refractivity contribution in [2.45, 2.75) is 18.9 Å². The molecule has 0 unspecified atom stereocenters. The van der Waals surface area contributed by atoms with Gasteiger partial charge in [0.05, 0.1) is 39.2 Å². The van der Waals surface area contributed by atoms with Crippen LogP contribution in [0.2, 0.25) is 0 Å². The van der Waals surface area contributed by atoms with Crippen LogP contribution in [0.1, 0.15) is 23.7 Å². The number of rotatable bonds is 5. The number of piperidine rings is 1. The molecule has 1 aromatic heterocycles. The molecule has 0 aliphatic carbocycles. The molecule has 1 fully saturated rings. The molecular formula is C23H28N2O4. The fourth-order valence-corrected chi connectivity index (χ4v) is 5.04. The molecule has 2 aromatic rings. The molecule has 1 saturated heterocycles. The van der Waals surface area contributed by atoms with Crippen molar-refractivity contribution in [3.63, 3.8) is 0 Å². The Hall–Kier alpha value is -2.73. The number of methoxy groups -OCH3 is 3. The van der Waals surface area contributed by atoms with Crippen molar-refractivity contribution in [2.75, 3.05) is 34.4 Å². The highest BCUT2D eigenvalue weighted by Crippen LogP contribution is 2.46. The van der Waals surface area contributed by atoms with Crippen molar-refractivity contribution in [3.8, 4) is 5.75 Å². The summed E-state index contributed by atoms with van der Waals surface area (Å²) in [4.78, 5) is 18.6. The summed E-state index contributed by atoms with van der Waals surface area (Å²) in [5.41, 5.74) is 4.22. The van der Waals surface area contributed by atoms with E-state index in [4.69, 9.17) is 14.2 Å². The molecule has 2 aliphatic heterocycles. The van der Waals surface area contributed by atoms with Gasteiger partial charge in [-0.2, -0.15) is 0 Å². The molecule has 1 N–H and O–H groups in total. The molecule has 0 radical (unpaired) electrons. The molecule has 0 saturated carbocycles.